The maximum atomic E-state index is 13.1. The van der Waals surface area contributed by atoms with Crippen LogP contribution in [0.5, 0.6) is 5.75 Å². The number of rotatable bonds is 14. The number of benzene rings is 2. The highest BCUT2D eigenvalue weighted by molar-refractivity contribution is 7.14. The van der Waals surface area contributed by atoms with E-state index in [1.54, 1.807) is 39.2 Å². The summed E-state index contributed by atoms with van der Waals surface area (Å²) in [5.41, 5.74) is 4.72. The first-order chi connectivity index (χ1) is 19.7. The fourth-order valence-electron chi connectivity index (χ4n) is 4.40. The molecule has 7 nitrogen and oxygen atoms in total. The number of halogens is 1. The highest BCUT2D eigenvalue weighted by atomic mass is 35.5. The van der Waals surface area contributed by atoms with Gasteiger partial charge < -0.3 is 14.2 Å². The Hall–Kier alpha value is -3.20. The standard InChI is InChI=1S/C32H39ClN2O5S/c1-7-9-10-11-15-40-22(5)24-13-12-14-25(29(24)38-6)28-19-41-32(34-28)35-30(36)23-16-20(3)26(27(33)18-23)17-21(4)31(37)39-8-2/h12-14,16-19,22H,7-11,15H2,1-6H3,(H,34,35,36)/b21-17+/t22-/m0/s1. The number of unbranched alkanes of at least 4 members (excludes halogenated alkanes) is 3. The van der Waals surface area contributed by atoms with Gasteiger partial charge in [-0.25, -0.2) is 9.78 Å². The fourth-order valence-corrected chi connectivity index (χ4v) is 5.42. The van der Waals surface area contributed by atoms with Gasteiger partial charge in [-0.2, -0.15) is 0 Å². The van der Waals surface area contributed by atoms with Gasteiger partial charge >= 0.3 is 5.97 Å². The van der Waals surface area contributed by atoms with Crippen molar-refractivity contribution in [2.75, 3.05) is 25.6 Å². The minimum absolute atomic E-state index is 0.129. The van der Waals surface area contributed by atoms with Gasteiger partial charge in [0.05, 0.1) is 25.5 Å². The van der Waals surface area contributed by atoms with Gasteiger partial charge in [0.1, 0.15) is 5.75 Å². The Bertz CT molecular complexity index is 1360. The molecule has 220 valence electrons. The van der Waals surface area contributed by atoms with Crippen LogP contribution in [0, 0.1) is 6.92 Å². The normalized spacial score (nSPS) is 12.2. The number of amides is 1. The predicted octanol–water partition coefficient (Wildman–Crippen LogP) is 8.66. The smallest absolute Gasteiger partial charge is 0.333 e. The van der Waals surface area contributed by atoms with E-state index in [4.69, 9.17) is 25.8 Å². The van der Waals surface area contributed by atoms with E-state index in [9.17, 15) is 9.59 Å². The summed E-state index contributed by atoms with van der Waals surface area (Å²) in [4.78, 5) is 29.8. The Morgan fingerprint density at radius 3 is 2.63 bits per heavy atom. The Morgan fingerprint density at radius 2 is 1.95 bits per heavy atom. The van der Waals surface area contributed by atoms with Gasteiger partial charge in [-0.05, 0) is 69.5 Å². The zero-order chi connectivity index (χ0) is 29.9. The second-order valence-corrected chi connectivity index (χ2v) is 11.0. The molecule has 0 radical (unpaired) electrons. The molecule has 0 aliphatic heterocycles. The number of carbonyl (C=O) groups excluding carboxylic acids is 2. The third-order valence-corrected chi connectivity index (χ3v) is 7.68. The van der Waals surface area contributed by atoms with E-state index in [0.717, 1.165) is 29.5 Å². The lowest BCUT2D eigenvalue weighted by molar-refractivity contribution is -0.138. The number of ether oxygens (including phenoxy) is 3. The molecule has 1 N–H and O–H groups in total. The third-order valence-electron chi connectivity index (χ3n) is 6.61. The quantitative estimate of drug-likeness (QED) is 0.113. The molecule has 0 fully saturated rings. The first kappa shape index (κ1) is 32.3. The molecule has 0 saturated carbocycles. The molecular formula is C32H39ClN2O5S. The van der Waals surface area contributed by atoms with Crippen molar-refractivity contribution in [3.63, 3.8) is 0 Å². The van der Waals surface area contributed by atoms with Crippen LogP contribution in [0.15, 0.2) is 41.3 Å². The van der Waals surface area contributed by atoms with Crippen molar-refractivity contribution < 1.29 is 23.8 Å². The van der Waals surface area contributed by atoms with Crippen molar-refractivity contribution in [1.82, 2.24) is 4.98 Å². The van der Waals surface area contributed by atoms with Crippen molar-refractivity contribution in [2.24, 2.45) is 0 Å². The largest absolute Gasteiger partial charge is 0.496 e. The molecule has 9 heteroatoms. The number of thiazole rings is 1. The van der Waals surface area contributed by atoms with Crippen LogP contribution < -0.4 is 10.1 Å². The van der Waals surface area contributed by atoms with Gasteiger partial charge in [0, 0.05) is 39.3 Å². The lowest BCUT2D eigenvalue weighted by Crippen LogP contribution is -2.12. The summed E-state index contributed by atoms with van der Waals surface area (Å²) in [5, 5.41) is 5.57. The number of esters is 1. The van der Waals surface area contributed by atoms with Gasteiger partial charge in [0.2, 0.25) is 0 Å². The van der Waals surface area contributed by atoms with Crippen molar-refractivity contribution in [3.05, 3.63) is 68.6 Å². The van der Waals surface area contributed by atoms with Gasteiger partial charge in [0.25, 0.3) is 5.91 Å². The van der Waals surface area contributed by atoms with Crippen molar-refractivity contribution in [3.8, 4) is 17.0 Å². The Balaban J connectivity index is 1.76. The van der Waals surface area contributed by atoms with Crippen molar-refractivity contribution in [2.45, 2.75) is 66.4 Å². The minimum Gasteiger partial charge on any atom is -0.496 e. The van der Waals surface area contributed by atoms with Gasteiger partial charge in [-0.3, -0.25) is 10.1 Å². The molecule has 3 rings (SSSR count). The second-order valence-electron chi connectivity index (χ2n) is 9.73. The van der Waals surface area contributed by atoms with Gasteiger partial charge in [-0.1, -0.05) is 49.9 Å². The Morgan fingerprint density at radius 1 is 1.17 bits per heavy atom. The summed E-state index contributed by atoms with van der Waals surface area (Å²) in [6.45, 7) is 10.5. The first-order valence-corrected chi connectivity index (χ1v) is 15.2. The maximum Gasteiger partial charge on any atom is 0.333 e. The SMILES string of the molecule is CCCCCCO[C@@H](C)c1cccc(-c2csc(NC(=O)c3cc(C)c(/C=C(\C)C(=O)OCC)c(Cl)c3)n2)c1OC. The number of aromatic nitrogens is 1. The molecule has 0 aliphatic rings. The van der Waals surface area contributed by atoms with Gasteiger partial charge in [-0.15, -0.1) is 11.3 Å². The van der Waals surface area contributed by atoms with Crippen LogP contribution in [0.3, 0.4) is 0 Å². The summed E-state index contributed by atoms with van der Waals surface area (Å²) in [7, 11) is 1.64. The van der Waals surface area contributed by atoms with Crippen LogP contribution in [0.25, 0.3) is 17.3 Å². The number of carbonyl (C=O) groups is 2. The first-order valence-electron chi connectivity index (χ1n) is 13.9. The van der Waals surface area contributed by atoms with Crippen molar-refractivity contribution >= 4 is 46.0 Å². The number of nitrogens with zero attached hydrogens (tertiary/aromatic N) is 1. The minimum atomic E-state index is -0.407. The van der Waals surface area contributed by atoms with E-state index < -0.39 is 5.97 Å². The number of methoxy groups -OCH3 is 1. The highest BCUT2D eigenvalue weighted by Crippen LogP contribution is 2.38. The molecule has 41 heavy (non-hydrogen) atoms. The molecular weight excluding hydrogens is 560 g/mol. The summed E-state index contributed by atoms with van der Waals surface area (Å²) in [6, 6.07) is 9.24. The molecule has 0 unspecified atom stereocenters. The molecule has 0 aliphatic carbocycles. The Labute approximate surface area is 251 Å². The maximum absolute atomic E-state index is 13.1. The predicted molar refractivity (Wildman–Crippen MR) is 167 cm³/mol. The highest BCUT2D eigenvalue weighted by Gasteiger charge is 2.19. The Kier molecular flexibility index (Phi) is 12.4. The summed E-state index contributed by atoms with van der Waals surface area (Å²) in [6.07, 6.45) is 6.14. The van der Waals surface area contributed by atoms with Gasteiger partial charge in [0.15, 0.2) is 5.13 Å². The molecule has 3 aromatic rings. The van der Waals surface area contributed by atoms with E-state index in [1.165, 1.54) is 24.2 Å². The zero-order valence-electron chi connectivity index (χ0n) is 24.6. The van der Waals surface area contributed by atoms with E-state index in [-0.39, 0.29) is 12.0 Å². The number of aryl methyl sites for hydroxylation is 1. The average Bonchev–Trinajstić information content (AvgIpc) is 3.42. The van der Waals surface area contributed by atoms with Crippen LogP contribution in [0.4, 0.5) is 5.13 Å². The summed E-state index contributed by atoms with van der Waals surface area (Å²) in [5.74, 6) is -0.0313. The molecule has 2 aromatic carbocycles. The molecule has 1 aromatic heterocycles. The van der Waals surface area contributed by atoms with Crippen LogP contribution in [-0.2, 0) is 14.3 Å². The molecule has 0 spiro atoms. The van der Waals surface area contributed by atoms with Crippen LogP contribution in [0.1, 0.15) is 86.5 Å². The number of hydrogen-bond acceptors (Lipinski definition) is 7. The van der Waals surface area contributed by atoms with E-state index in [2.05, 4.69) is 17.2 Å². The number of nitrogens with one attached hydrogen (secondary N) is 1. The van der Waals surface area contributed by atoms with E-state index >= 15 is 0 Å². The molecule has 1 atom stereocenters. The lowest BCUT2D eigenvalue weighted by atomic mass is 10.0. The average molecular weight is 599 g/mol. The molecule has 0 bridgehead atoms. The number of hydrogen-bond donors (Lipinski definition) is 1. The van der Waals surface area contributed by atoms with Crippen LogP contribution in [0.2, 0.25) is 5.02 Å². The second kappa shape index (κ2) is 15.7. The summed E-state index contributed by atoms with van der Waals surface area (Å²) >= 11 is 7.83. The number of anilines is 1. The lowest BCUT2D eigenvalue weighted by Gasteiger charge is -2.18. The van der Waals surface area contributed by atoms with Crippen molar-refractivity contribution in [1.29, 1.82) is 0 Å². The van der Waals surface area contributed by atoms with E-state index in [0.29, 0.717) is 51.5 Å². The third kappa shape index (κ3) is 8.64. The van der Waals surface area contributed by atoms with Crippen LogP contribution in [-0.4, -0.2) is 37.2 Å². The zero-order valence-corrected chi connectivity index (χ0v) is 26.2. The fraction of sp³-hybridized carbons (Fsp3) is 0.406. The monoisotopic (exact) mass is 598 g/mol. The summed E-state index contributed by atoms with van der Waals surface area (Å²) < 4.78 is 16.9. The molecule has 1 heterocycles. The molecule has 0 saturated heterocycles. The number of para-hydroxylation sites is 1. The van der Waals surface area contributed by atoms with Crippen LogP contribution >= 0.6 is 22.9 Å². The van der Waals surface area contributed by atoms with E-state index in [1.807, 2.05) is 37.4 Å². The topological polar surface area (TPSA) is 86.8 Å². The molecule has 1 amide bonds.